The normalized spacial score (nSPS) is 42.6. The van der Waals surface area contributed by atoms with E-state index in [2.05, 4.69) is 31.9 Å². The van der Waals surface area contributed by atoms with Crippen molar-refractivity contribution in [2.45, 2.75) is 21.5 Å². The molecule has 0 spiro atoms. The van der Waals surface area contributed by atoms with Gasteiger partial charge in [-0.3, -0.25) is 0 Å². The summed E-state index contributed by atoms with van der Waals surface area (Å²) in [6.45, 7) is 0. The molecule has 0 aliphatic heterocycles. The predicted octanol–water partition coefficient (Wildman–Crippen LogP) is 2.80. The molecule has 0 aromatic carbocycles. The lowest BCUT2D eigenvalue weighted by Gasteiger charge is -2.45. The molecule has 0 aromatic rings. The fraction of sp³-hybridized carbons (Fsp3) is 1.00. The topological polar surface area (TPSA) is 0 Å². The number of rotatable bonds is 0. The number of halogens is 6. The van der Waals surface area contributed by atoms with Crippen LogP contribution >= 0.6 is 31.9 Å². The Hall–Kier alpha value is 0.680. The molecule has 0 radical (unpaired) electrons. The zero-order chi connectivity index (χ0) is 8.15. The lowest BCUT2D eigenvalue weighted by atomic mass is 9.89. The fourth-order valence-corrected chi connectivity index (χ4v) is 2.44. The minimum absolute atomic E-state index is 2.03. The third kappa shape index (κ3) is 0.841. The Labute approximate surface area is 71.2 Å². The molecular weight excluding hydrogens is 284 g/mol. The first-order valence-electron chi connectivity index (χ1n) is 2.35. The summed E-state index contributed by atoms with van der Waals surface area (Å²) in [4.78, 5) is -4.06. The Kier molecular flexibility index (Phi) is 1.83. The molecule has 10 heavy (non-hydrogen) atoms. The van der Waals surface area contributed by atoms with E-state index in [9.17, 15) is 17.6 Å². The van der Waals surface area contributed by atoms with Crippen LogP contribution in [-0.4, -0.2) is 21.5 Å². The van der Waals surface area contributed by atoms with Gasteiger partial charge in [-0.2, -0.15) is 0 Å². The van der Waals surface area contributed by atoms with Crippen LogP contribution in [0, 0.1) is 0 Å². The molecule has 0 N–H and O–H groups in total. The van der Waals surface area contributed by atoms with Gasteiger partial charge in [-0.1, -0.05) is 31.9 Å². The van der Waals surface area contributed by atoms with E-state index >= 15 is 0 Å². The minimum atomic E-state index is -3.34. The largest absolute Gasteiger partial charge is 0.284 e. The second-order valence-electron chi connectivity index (χ2n) is 2.07. The van der Waals surface area contributed by atoms with Gasteiger partial charge in [0.15, 0.2) is 0 Å². The van der Waals surface area contributed by atoms with Gasteiger partial charge in [0, 0.05) is 0 Å². The van der Waals surface area contributed by atoms with Crippen LogP contribution in [-0.2, 0) is 0 Å². The van der Waals surface area contributed by atoms with Crippen LogP contribution < -0.4 is 0 Å². The van der Waals surface area contributed by atoms with Crippen molar-refractivity contribution in [1.29, 1.82) is 0 Å². The second kappa shape index (κ2) is 2.09. The quantitative estimate of drug-likeness (QED) is 0.474. The van der Waals surface area contributed by atoms with Gasteiger partial charge in [0.25, 0.3) is 11.8 Å². The Morgan fingerprint density at radius 2 is 1.00 bits per heavy atom. The maximum absolute atomic E-state index is 12.2. The van der Waals surface area contributed by atoms with Crippen LogP contribution in [0.4, 0.5) is 17.6 Å². The van der Waals surface area contributed by atoms with E-state index in [0.717, 1.165) is 0 Å². The molecule has 60 valence electrons. The number of alkyl halides is 6. The summed E-state index contributed by atoms with van der Waals surface area (Å²) in [5, 5.41) is 0. The first-order chi connectivity index (χ1) is 4.31. The average molecular weight is 286 g/mol. The van der Waals surface area contributed by atoms with Crippen molar-refractivity contribution in [3.8, 4) is 0 Å². The van der Waals surface area contributed by atoms with E-state index in [4.69, 9.17) is 0 Å². The molecule has 1 aliphatic rings. The monoisotopic (exact) mass is 284 g/mol. The highest BCUT2D eigenvalue weighted by Gasteiger charge is 2.75. The van der Waals surface area contributed by atoms with Gasteiger partial charge >= 0.3 is 0 Å². The first-order valence-corrected chi connectivity index (χ1v) is 4.18. The highest BCUT2D eigenvalue weighted by molar-refractivity contribution is 9.10. The molecule has 0 unspecified atom stereocenters. The van der Waals surface area contributed by atoms with Crippen molar-refractivity contribution in [1.82, 2.24) is 0 Å². The summed E-state index contributed by atoms with van der Waals surface area (Å²) in [6.07, 6.45) is 0. The number of hydrogen-bond donors (Lipinski definition) is 0. The molecule has 1 fully saturated rings. The van der Waals surface area contributed by atoms with E-state index < -0.39 is 21.5 Å². The van der Waals surface area contributed by atoms with Gasteiger partial charge in [-0.25, -0.2) is 17.6 Å². The molecular formula is C4H2Br2F4. The van der Waals surface area contributed by atoms with Crippen molar-refractivity contribution in [3.63, 3.8) is 0 Å². The minimum Gasteiger partial charge on any atom is -0.204 e. The third-order valence-corrected chi connectivity index (χ3v) is 3.79. The fourth-order valence-electron chi connectivity index (χ4n) is 0.674. The Morgan fingerprint density at radius 3 is 1.10 bits per heavy atom. The smallest absolute Gasteiger partial charge is 0.204 e. The summed E-state index contributed by atoms with van der Waals surface area (Å²) in [6, 6.07) is 0. The van der Waals surface area contributed by atoms with Crippen LogP contribution in [0.25, 0.3) is 0 Å². The zero-order valence-electron chi connectivity index (χ0n) is 4.42. The van der Waals surface area contributed by atoms with Gasteiger partial charge in [-0.05, 0) is 0 Å². The SMILES string of the molecule is FC1(F)C(Br)C(F)(F)C1Br. The molecule has 0 heterocycles. The highest BCUT2D eigenvalue weighted by Crippen LogP contribution is 2.57. The Balaban J connectivity index is 2.78. The van der Waals surface area contributed by atoms with Crippen molar-refractivity contribution >= 4 is 31.9 Å². The van der Waals surface area contributed by atoms with Crippen LogP contribution in [0.1, 0.15) is 0 Å². The zero-order valence-corrected chi connectivity index (χ0v) is 7.59. The lowest BCUT2D eigenvalue weighted by molar-refractivity contribution is -0.204. The van der Waals surface area contributed by atoms with E-state index in [1.54, 1.807) is 0 Å². The van der Waals surface area contributed by atoms with Gasteiger partial charge in [0.05, 0.1) is 0 Å². The van der Waals surface area contributed by atoms with E-state index in [-0.39, 0.29) is 0 Å². The Bertz CT molecular complexity index is 127. The number of hydrogen-bond acceptors (Lipinski definition) is 0. The molecule has 0 saturated heterocycles. The highest BCUT2D eigenvalue weighted by atomic mass is 79.9. The standard InChI is InChI=1S/C4H2Br2F4/c5-1-3(7,8)2(6)4(1,9)10/h1-2H. The summed E-state index contributed by atoms with van der Waals surface area (Å²) >= 11 is 4.43. The second-order valence-corrected chi connectivity index (χ2v) is 3.91. The maximum Gasteiger partial charge on any atom is 0.284 e. The lowest BCUT2D eigenvalue weighted by Crippen LogP contribution is -2.68. The summed E-state index contributed by atoms with van der Waals surface area (Å²) in [7, 11) is 0. The molecule has 0 aromatic heterocycles. The summed E-state index contributed by atoms with van der Waals surface area (Å²) in [5.41, 5.74) is 0. The maximum atomic E-state index is 12.2. The molecule has 0 atom stereocenters. The van der Waals surface area contributed by atoms with E-state index in [0.29, 0.717) is 0 Å². The van der Waals surface area contributed by atoms with E-state index in [1.807, 2.05) is 0 Å². The molecule has 0 nitrogen and oxygen atoms in total. The molecule has 0 amide bonds. The van der Waals surface area contributed by atoms with E-state index in [1.165, 1.54) is 0 Å². The summed E-state index contributed by atoms with van der Waals surface area (Å²) in [5.74, 6) is -6.69. The summed E-state index contributed by atoms with van der Waals surface area (Å²) < 4.78 is 49.0. The predicted molar refractivity (Wildman–Crippen MR) is 35.3 cm³/mol. The molecule has 1 rings (SSSR count). The third-order valence-electron chi connectivity index (χ3n) is 1.35. The Morgan fingerprint density at radius 1 is 0.800 bits per heavy atom. The van der Waals surface area contributed by atoms with Crippen molar-refractivity contribution in [3.05, 3.63) is 0 Å². The molecule has 1 aliphatic carbocycles. The van der Waals surface area contributed by atoms with Gasteiger partial charge in [0.1, 0.15) is 9.65 Å². The van der Waals surface area contributed by atoms with Gasteiger partial charge < -0.3 is 0 Å². The van der Waals surface area contributed by atoms with Crippen LogP contribution in [0.3, 0.4) is 0 Å². The molecule has 6 heteroatoms. The molecule has 0 bridgehead atoms. The van der Waals surface area contributed by atoms with Crippen molar-refractivity contribution in [2.75, 3.05) is 0 Å². The molecule has 1 saturated carbocycles. The first kappa shape index (κ1) is 8.77. The van der Waals surface area contributed by atoms with Crippen LogP contribution in [0.5, 0.6) is 0 Å². The average Bonchev–Trinajstić information content (AvgIpc) is 1.84. The van der Waals surface area contributed by atoms with Crippen molar-refractivity contribution in [2.24, 2.45) is 0 Å². The van der Waals surface area contributed by atoms with Crippen molar-refractivity contribution < 1.29 is 17.6 Å². The van der Waals surface area contributed by atoms with Crippen LogP contribution in [0.15, 0.2) is 0 Å². The van der Waals surface area contributed by atoms with Crippen LogP contribution in [0.2, 0.25) is 0 Å². The van der Waals surface area contributed by atoms with Gasteiger partial charge in [-0.15, -0.1) is 0 Å². The van der Waals surface area contributed by atoms with Gasteiger partial charge in [0.2, 0.25) is 0 Å².